The minimum atomic E-state index is -0.0959. The summed E-state index contributed by atoms with van der Waals surface area (Å²) in [6.07, 6.45) is 3.11. The Kier molecular flexibility index (Phi) is 12.9. The lowest BCUT2D eigenvalue weighted by atomic mass is 9.95. The second kappa shape index (κ2) is 11.3. The number of likely N-dealkylation sites (tertiary alicyclic amines) is 2. The van der Waals surface area contributed by atoms with Crippen LogP contribution in [0.5, 0.6) is 0 Å². The fourth-order valence-electron chi connectivity index (χ4n) is 3.19. The van der Waals surface area contributed by atoms with Gasteiger partial charge in [-0.05, 0) is 45.2 Å². The van der Waals surface area contributed by atoms with Crippen molar-refractivity contribution >= 4 is 37.2 Å². The van der Waals surface area contributed by atoms with Gasteiger partial charge in [0.1, 0.15) is 0 Å². The molecule has 0 spiro atoms. The molecule has 2 saturated heterocycles. The smallest absolute Gasteiger partial charge is 0.0590 e. The highest BCUT2D eigenvalue weighted by Gasteiger charge is 2.28. The molecule has 0 aromatic carbocycles. The van der Waals surface area contributed by atoms with E-state index in [1.54, 1.807) is 0 Å². The van der Waals surface area contributed by atoms with Gasteiger partial charge in [0.05, 0.1) is 6.10 Å². The first kappa shape index (κ1) is 24.0. The molecule has 0 radical (unpaired) electrons. The van der Waals surface area contributed by atoms with Crippen LogP contribution in [0, 0.1) is 5.92 Å². The lowest BCUT2D eigenvalue weighted by Gasteiger charge is -2.41. The Bertz CT molecular complexity index is 266. The monoisotopic (exact) mass is 363 g/mol. The normalized spacial score (nSPS) is 29.7. The molecule has 2 heterocycles. The van der Waals surface area contributed by atoms with Gasteiger partial charge in [-0.15, -0.1) is 37.2 Å². The van der Waals surface area contributed by atoms with Crippen molar-refractivity contribution in [3.8, 4) is 0 Å². The maximum absolute atomic E-state index is 9.78. The van der Waals surface area contributed by atoms with Gasteiger partial charge in [-0.25, -0.2) is 0 Å². The van der Waals surface area contributed by atoms with Crippen LogP contribution in [0.25, 0.3) is 0 Å². The van der Waals surface area contributed by atoms with E-state index in [0.29, 0.717) is 18.0 Å². The number of nitrogens with two attached hydrogens (primary N) is 1. The maximum Gasteiger partial charge on any atom is 0.0590 e. The molecule has 7 heteroatoms. The summed E-state index contributed by atoms with van der Waals surface area (Å²) in [4.78, 5) is 5.08. The summed E-state index contributed by atoms with van der Waals surface area (Å²) >= 11 is 0. The van der Waals surface area contributed by atoms with Crippen LogP contribution in [0.2, 0.25) is 0 Å². The van der Waals surface area contributed by atoms with Crippen molar-refractivity contribution in [1.82, 2.24) is 9.80 Å². The van der Waals surface area contributed by atoms with E-state index in [0.717, 1.165) is 52.0 Å². The second-order valence-electron chi connectivity index (χ2n) is 6.32. The van der Waals surface area contributed by atoms with E-state index in [4.69, 9.17) is 5.73 Å². The van der Waals surface area contributed by atoms with E-state index in [-0.39, 0.29) is 43.3 Å². The minimum absolute atomic E-state index is 0. The topological polar surface area (TPSA) is 52.7 Å². The first-order valence-corrected chi connectivity index (χ1v) is 7.46. The van der Waals surface area contributed by atoms with Crippen LogP contribution >= 0.6 is 37.2 Å². The number of piperidine rings is 2. The van der Waals surface area contributed by atoms with Crippen molar-refractivity contribution < 1.29 is 5.11 Å². The zero-order valence-corrected chi connectivity index (χ0v) is 15.6. The SMILES string of the molecule is C[C@H]1CN([C@@H](C)CN2CCC(N)CC2)CC[C@@H]1O.Cl.Cl.Cl. The Balaban J connectivity index is 0. The van der Waals surface area contributed by atoms with Gasteiger partial charge >= 0.3 is 0 Å². The van der Waals surface area contributed by atoms with Gasteiger partial charge in [0.2, 0.25) is 0 Å². The molecule has 0 amide bonds. The van der Waals surface area contributed by atoms with Gasteiger partial charge < -0.3 is 15.7 Å². The Hall–Kier alpha value is 0.710. The van der Waals surface area contributed by atoms with Crippen LogP contribution in [0.1, 0.15) is 33.1 Å². The predicted molar refractivity (Wildman–Crippen MR) is 96.2 cm³/mol. The van der Waals surface area contributed by atoms with Gasteiger partial charge in [-0.1, -0.05) is 6.92 Å². The highest BCUT2D eigenvalue weighted by molar-refractivity contribution is 5.86. The van der Waals surface area contributed by atoms with Gasteiger partial charge in [-0.3, -0.25) is 4.90 Å². The van der Waals surface area contributed by atoms with Crippen molar-refractivity contribution in [2.24, 2.45) is 11.7 Å². The van der Waals surface area contributed by atoms with E-state index in [1.165, 1.54) is 0 Å². The summed E-state index contributed by atoms with van der Waals surface area (Å²) in [6, 6.07) is 1.01. The molecule has 2 aliphatic heterocycles. The molecule has 130 valence electrons. The van der Waals surface area contributed by atoms with Crippen LogP contribution in [-0.4, -0.2) is 65.8 Å². The molecule has 2 rings (SSSR count). The molecular formula is C14H32Cl3N3O. The summed E-state index contributed by atoms with van der Waals surface area (Å²) in [7, 11) is 0. The highest BCUT2D eigenvalue weighted by Crippen LogP contribution is 2.19. The molecule has 4 nitrogen and oxygen atoms in total. The lowest BCUT2D eigenvalue weighted by molar-refractivity contribution is 0.0119. The van der Waals surface area contributed by atoms with Crippen molar-refractivity contribution in [2.75, 3.05) is 32.7 Å². The molecule has 0 saturated carbocycles. The molecule has 0 aromatic rings. The van der Waals surface area contributed by atoms with Crippen molar-refractivity contribution in [3.63, 3.8) is 0 Å². The lowest BCUT2D eigenvalue weighted by Crippen LogP contribution is -2.51. The average Bonchev–Trinajstić information content (AvgIpc) is 2.35. The largest absolute Gasteiger partial charge is 0.393 e. The van der Waals surface area contributed by atoms with Crippen molar-refractivity contribution in [3.05, 3.63) is 0 Å². The number of aliphatic hydroxyl groups is 1. The van der Waals surface area contributed by atoms with Crippen LogP contribution < -0.4 is 5.73 Å². The van der Waals surface area contributed by atoms with Gasteiger partial charge in [0.25, 0.3) is 0 Å². The third-order valence-corrected chi connectivity index (χ3v) is 4.67. The molecular weight excluding hydrogens is 333 g/mol. The summed E-state index contributed by atoms with van der Waals surface area (Å²) in [5.74, 6) is 0.413. The van der Waals surface area contributed by atoms with Gasteiger partial charge in [0.15, 0.2) is 0 Å². The van der Waals surface area contributed by atoms with E-state index in [2.05, 4.69) is 23.6 Å². The average molecular weight is 365 g/mol. The third kappa shape index (κ3) is 7.21. The van der Waals surface area contributed by atoms with Gasteiger partial charge in [-0.2, -0.15) is 0 Å². The molecule has 3 atom stereocenters. The fraction of sp³-hybridized carbons (Fsp3) is 1.00. The van der Waals surface area contributed by atoms with E-state index in [9.17, 15) is 5.11 Å². The first-order valence-electron chi connectivity index (χ1n) is 7.46. The standard InChI is InChI=1S/C14H29N3O.3ClH/c1-11-9-17(8-5-14(11)18)12(2)10-16-6-3-13(15)4-7-16;;;/h11-14,18H,3-10,15H2,1-2H3;3*1H/t11-,12-,14-;;;/m0.../s1. The minimum Gasteiger partial charge on any atom is -0.393 e. The van der Waals surface area contributed by atoms with E-state index >= 15 is 0 Å². The van der Waals surface area contributed by atoms with Crippen LogP contribution in [-0.2, 0) is 0 Å². The van der Waals surface area contributed by atoms with Gasteiger partial charge in [0, 0.05) is 31.7 Å². The number of hydrogen-bond acceptors (Lipinski definition) is 4. The summed E-state index contributed by atoms with van der Waals surface area (Å²) < 4.78 is 0. The van der Waals surface area contributed by atoms with Crippen LogP contribution in [0.4, 0.5) is 0 Å². The Morgan fingerprint density at radius 3 is 2.19 bits per heavy atom. The van der Waals surface area contributed by atoms with Crippen LogP contribution in [0.15, 0.2) is 0 Å². The molecule has 0 unspecified atom stereocenters. The molecule has 0 bridgehead atoms. The zero-order chi connectivity index (χ0) is 13.1. The number of nitrogens with zero attached hydrogens (tertiary/aromatic N) is 2. The van der Waals surface area contributed by atoms with Crippen LogP contribution in [0.3, 0.4) is 0 Å². The quantitative estimate of drug-likeness (QED) is 0.801. The van der Waals surface area contributed by atoms with Crippen molar-refractivity contribution in [1.29, 1.82) is 0 Å². The molecule has 3 N–H and O–H groups in total. The maximum atomic E-state index is 9.78. The molecule has 2 aliphatic rings. The second-order valence-corrected chi connectivity index (χ2v) is 6.32. The highest BCUT2D eigenvalue weighted by atomic mass is 35.5. The molecule has 21 heavy (non-hydrogen) atoms. The third-order valence-electron chi connectivity index (χ3n) is 4.67. The Labute approximate surface area is 148 Å². The summed E-state index contributed by atoms with van der Waals surface area (Å²) in [5, 5.41) is 9.78. The number of hydrogen-bond donors (Lipinski definition) is 2. The Morgan fingerprint density at radius 2 is 1.67 bits per heavy atom. The molecule has 0 aliphatic carbocycles. The number of halogens is 3. The fourth-order valence-corrected chi connectivity index (χ4v) is 3.19. The Morgan fingerprint density at radius 1 is 1.10 bits per heavy atom. The van der Waals surface area contributed by atoms with E-state index < -0.39 is 0 Å². The molecule has 0 aromatic heterocycles. The number of rotatable bonds is 3. The van der Waals surface area contributed by atoms with Crippen molar-refractivity contribution in [2.45, 2.75) is 51.3 Å². The molecule has 2 fully saturated rings. The number of aliphatic hydroxyl groups excluding tert-OH is 1. The predicted octanol–water partition coefficient (Wildman–Crippen LogP) is 1.77. The van der Waals surface area contributed by atoms with E-state index in [1.807, 2.05) is 0 Å². The zero-order valence-electron chi connectivity index (χ0n) is 13.1. The summed E-state index contributed by atoms with van der Waals surface area (Å²) in [6.45, 7) is 10.0. The summed E-state index contributed by atoms with van der Waals surface area (Å²) in [5.41, 5.74) is 5.94. The first-order chi connectivity index (χ1) is 8.56.